The Balaban J connectivity index is 1.07. The Morgan fingerprint density at radius 1 is 1.03 bits per heavy atom. The topological polar surface area (TPSA) is 93.1 Å². The first-order chi connectivity index (χ1) is 17.5. The van der Waals surface area contributed by atoms with E-state index in [-0.39, 0.29) is 23.7 Å². The maximum Gasteiger partial charge on any atom is 0.414 e. The van der Waals surface area contributed by atoms with E-state index >= 15 is 0 Å². The van der Waals surface area contributed by atoms with E-state index in [2.05, 4.69) is 10.2 Å². The van der Waals surface area contributed by atoms with Crippen LogP contribution in [-0.2, 0) is 16.1 Å². The normalized spacial score (nSPS) is 20.1. The number of carbonyl (C=O) groups excluding carboxylic acids is 2. The molecule has 2 aromatic carbocycles. The molecule has 9 nitrogen and oxygen atoms in total. The molecule has 6 rings (SSSR count). The first-order valence-corrected chi connectivity index (χ1v) is 12.9. The molecule has 1 atom stereocenters. The van der Waals surface area contributed by atoms with Crippen LogP contribution in [0.5, 0.6) is 5.75 Å². The van der Waals surface area contributed by atoms with Gasteiger partial charge in [0.15, 0.2) is 0 Å². The van der Waals surface area contributed by atoms with Crippen molar-refractivity contribution in [2.24, 2.45) is 5.92 Å². The van der Waals surface area contributed by atoms with Gasteiger partial charge in [-0.1, -0.05) is 0 Å². The monoisotopic (exact) mass is 506 g/mol. The molecule has 0 radical (unpaired) electrons. The molecule has 2 amide bonds. The van der Waals surface area contributed by atoms with Crippen molar-refractivity contribution in [2.75, 3.05) is 49.3 Å². The molecule has 1 aromatic heterocycles. The number of likely N-dealkylation sites (tertiary alicyclic amines) is 1. The van der Waals surface area contributed by atoms with E-state index in [1.165, 1.54) is 11.8 Å². The Bertz CT molecular complexity index is 1420. The molecule has 0 spiro atoms. The van der Waals surface area contributed by atoms with Crippen LogP contribution in [-0.4, -0.2) is 66.6 Å². The second-order valence-electron chi connectivity index (χ2n) is 9.43. The smallest absolute Gasteiger partial charge is 0.414 e. The van der Waals surface area contributed by atoms with E-state index in [1.54, 1.807) is 18.1 Å². The fraction of sp³-hybridized carbons (Fsp3) is 0.346. The molecule has 4 heterocycles. The summed E-state index contributed by atoms with van der Waals surface area (Å²) in [5.74, 6) is 1.43. The summed E-state index contributed by atoms with van der Waals surface area (Å²) in [5.41, 5.74) is 2.31. The lowest BCUT2D eigenvalue weighted by molar-refractivity contribution is -0.113. The van der Waals surface area contributed by atoms with Crippen LogP contribution in [0.3, 0.4) is 0 Å². The SMILES string of the molecule is COc1ccc2ccc(=O)n(CC3CN(C[C@@H]4CN(c5ccc6c(c5)NC(=O)CS6)C(=O)O4)C3)c2c1. The number of benzene rings is 2. The first-order valence-electron chi connectivity index (χ1n) is 11.9. The van der Waals surface area contributed by atoms with Crippen LogP contribution in [0.4, 0.5) is 16.2 Å². The summed E-state index contributed by atoms with van der Waals surface area (Å²) in [5, 5.41) is 3.87. The number of methoxy groups -OCH3 is 1. The quantitative estimate of drug-likeness (QED) is 0.549. The predicted octanol–water partition coefficient (Wildman–Crippen LogP) is 3.01. The van der Waals surface area contributed by atoms with Crippen molar-refractivity contribution in [3.63, 3.8) is 0 Å². The maximum atomic E-state index is 12.6. The van der Waals surface area contributed by atoms with E-state index < -0.39 is 0 Å². The van der Waals surface area contributed by atoms with E-state index in [0.717, 1.165) is 46.0 Å². The number of nitrogens with one attached hydrogen (secondary N) is 1. The molecular formula is C26H26N4O5S. The van der Waals surface area contributed by atoms with Gasteiger partial charge < -0.3 is 19.4 Å². The van der Waals surface area contributed by atoms with Crippen LogP contribution in [0, 0.1) is 5.92 Å². The van der Waals surface area contributed by atoms with Gasteiger partial charge in [-0.3, -0.25) is 19.4 Å². The molecule has 2 fully saturated rings. The Morgan fingerprint density at radius 2 is 1.86 bits per heavy atom. The Labute approximate surface area is 212 Å². The van der Waals surface area contributed by atoms with Gasteiger partial charge in [-0.25, -0.2) is 4.79 Å². The minimum atomic E-state index is -0.372. The number of rotatable bonds is 6. The standard InChI is InChI=1S/C26H26N4O5S/c1-34-19-5-2-17-3-7-25(32)30(22(17)9-19)12-16-10-28(11-16)13-20-14-29(26(33)35-20)18-4-6-23-21(8-18)27-24(31)15-36-23/h2-9,16,20H,10-15H2,1H3,(H,27,31)/t20-/m1/s1. The van der Waals surface area contributed by atoms with Crippen LogP contribution < -0.4 is 20.5 Å². The van der Waals surface area contributed by atoms with Gasteiger partial charge in [0.1, 0.15) is 11.9 Å². The molecule has 0 unspecified atom stereocenters. The van der Waals surface area contributed by atoms with Gasteiger partial charge in [-0.05, 0) is 41.8 Å². The summed E-state index contributed by atoms with van der Waals surface area (Å²) in [7, 11) is 1.62. The zero-order valence-electron chi connectivity index (χ0n) is 19.8. The predicted molar refractivity (Wildman–Crippen MR) is 138 cm³/mol. The Hall–Kier alpha value is -3.50. The largest absolute Gasteiger partial charge is 0.497 e. The number of ether oxygens (including phenoxy) is 2. The molecule has 0 bridgehead atoms. The third-order valence-electron chi connectivity index (χ3n) is 6.92. The number of carbonyl (C=O) groups is 2. The molecule has 1 N–H and O–H groups in total. The zero-order valence-corrected chi connectivity index (χ0v) is 20.6. The lowest BCUT2D eigenvalue weighted by Crippen LogP contribution is -2.52. The molecular weight excluding hydrogens is 480 g/mol. The minimum absolute atomic E-state index is 0.0193. The first kappa shape index (κ1) is 22.9. The van der Waals surface area contributed by atoms with Crippen LogP contribution >= 0.6 is 11.8 Å². The second kappa shape index (κ2) is 9.18. The van der Waals surface area contributed by atoms with Gasteiger partial charge in [-0.2, -0.15) is 0 Å². The van der Waals surface area contributed by atoms with Crippen LogP contribution in [0.25, 0.3) is 10.9 Å². The van der Waals surface area contributed by atoms with E-state index in [1.807, 2.05) is 47.0 Å². The second-order valence-corrected chi connectivity index (χ2v) is 10.4. The fourth-order valence-electron chi connectivity index (χ4n) is 5.14. The maximum absolute atomic E-state index is 12.6. The number of fused-ring (bicyclic) bond motifs is 2. The molecule has 10 heteroatoms. The van der Waals surface area contributed by atoms with Crippen molar-refractivity contribution in [1.29, 1.82) is 0 Å². The van der Waals surface area contributed by atoms with E-state index in [0.29, 0.717) is 31.3 Å². The van der Waals surface area contributed by atoms with Crippen LogP contribution in [0.1, 0.15) is 0 Å². The number of nitrogens with zero attached hydrogens (tertiary/aromatic N) is 3. The number of pyridine rings is 1. The van der Waals surface area contributed by atoms with Gasteiger partial charge in [0.05, 0.1) is 30.6 Å². The van der Waals surface area contributed by atoms with Crippen molar-refractivity contribution in [3.05, 3.63) is 58.9 Å². The van der Waals surface area contributed by atoms with Crippen molar-refractivity contribution >= 4 is 46.0 Å². The van der Waals surface area contributed by atoms with Crippen LogP contribution in [0.2, 0.25) is 0 Å². The summed E-state index contributed by atoms with van der Waals surface area (Å²) in [6.45, 7) is 3.41. The number of aromatic nitrogens is 1. The third-order valence-corrected chi connectivity index (χ3v) is 7.99. The summed E-state index contributed by atoms with van der Waals surface area (Å²) in [6, 6.07) is 14.9. The Morgan fingerprint density at radius 3 is 2.69 bits per heavy atom. The fourth-order valence-corrected chi connectivity index (χ4v) is 5.93. The van der Waals surface area contributed by atoms with Crippen molar-refractivity contribution in [1.82, 2.24) is 9.47 Å². The van der Waals surface area contributed by atoms with Gasteiger partial charge in [0.25, 0.3) is 5.56 Å². The Kier molecular flexibility index (Phi) is 5.85. The molecule has 186 valence electrons. The number of cyclic esters (lactones) is 1. The minimum Gasteiger partial charge on any atom is -0.497 e. The number of amides is 2. The summed E-state index contributed by atoms with van der Waals surface area (Å²) in [4.78, 5) is 41.8. The lowest BCUT2D eigenvalue weighted by Gasteiger charge is -2.40. The highest BCUT2D eigenvalue weighted by Gasteiger charge is 2.37. The van der Waals surface area contributed by atoms with Gasteiger partial charge in [0.2, 0.25) is 5.91 Å². The summed E-state index contributed by atoms with van der Waals surface area (Å²) >= 11 is 1.49. The zero-order chi connectivity index (χ0) is 24.8. The van der Waals surface area contributed by atoms with Gasteiger partial charge in [0, 0.05) is 54.8 Å². The van der Waals surface area contributed by atoms with Gasteiger partial charge in [-0.15, -0.1) is 11.8 Å². The summed E-state index contributed by atoms with van der Waals surface area (Å²) in [6.07, 6.45) is -0.606. The molecule has 0 aliphatic carbocycles. The highest BCUT2D eigenvalue weighted by molar-refractivity contribution is 8.00. The third kappa shape index (κ3) is 4.31. The lowest BCUT2D eigenvalue weighted by atomic mass is 9.99. The molecule has 0 saturated carbocycles. The molecule has 2 saturated heterocycles. The van der Waals surface area contributed by atoms with Crippen molar-refractivity contribution in [2.45, 2.75) is 17.5 Å². The molecule has 3 aliphatic heterocycles. The van der Waals surface area contributed by atoms with Crippen molar-refractivity contribution in [3.8, 4) is 5.75 Å². The number of thioether (sulfide) groups is 1. The molecule has 36 heavy (non-hydrogen) atoms. The number of hydrogen-bond donors (Lipinski definition) is 1. The average Bonchev–Trinajstić information content (AvgIpc) is 3.23. The number of hydrogen-bond acceptors (Lipinski definition) is 7. The highest BCUT2D eigenvalue weighted by Crippen LogP contribution is 2.35. The van der Waals surface area contributed by atoms with E-state index in [4.69, 9.17) is 9.47 Å². The number of anilines is 2. The van der Waals surface area contributed by atoms with Crippen LogP contribution in [0.15, 0.2) is 58.2 Å². The molecule has 3 aliphatic rings. The average molecular weight is 507 g/mol. The van der Waals surface area contributed by atoms with E-state index in [9.17, 15) is 14.4 Å². The highest BCUT2D eigenvalue weighted by atomic mass is 32.2. The summed E-state index contributed by atoms with van der Waals surface area (Å²) < 4.78 is 12.8. The molecule has 3 aromatic rings. The van der Waals surface area contributed by atoms with Gasteiger partial charge >= 0.3 is 6.09 Å². The van der Waals surface area contributed by atoms with Crippen molar-refractivity contribution < 1.29 is 19.1 Å².